The molecule has 1 amide bonds. The van der Waals surface area contributed by atoms with Crippen molar-refractivity contribution in [1.82, 2.24) is 14.9 Å². The number of hydrogen-bond acceptors (Lipinski definition) is 6. The highest BCUT2D eigenvalue weighted by Crippen LogP contribution is 2.15. The van der Waals surface area contributed by atoms with Crippen molar-refractivity contribution in [2.45, 2.75) is 31.8 Å². The number of carbonyl (C=O) groups is 1. The molecule has 0 aliphatic carbocycles. The van der Waals surface area contributed by atoms with Crippen molar-refractivity contribution in [3.63, 3.8) is 0 Å². The Hall–Kier alpha value is -2.07. The van der Waals surface area contributed by atoms with Crippen molar-refractivity contribution < 1.29 is 19.0 Å². The molecule has 1 aromatic heterocycles. The zero-order chi connectivity index (χ0) is 19.4. The fraction of sp³-hybridized carbons (Fsp3) is 0.500. The van der Waals surface area contributed by atoms with Crippen molar-refractivity contribution in [2.24, 2.45) is 0 Å². The monoisotopic (exact) mass is 393 g/mol. The van der Waals surface area contributed by atoms with Crippen LogP contribution in [-0.4, -0.2) is 55.2 Å². The van der Waals surface area contributed by atoms with Gasteiger partial charge in [-0.15, -0.1) is 0 Å². The molecular formula is C18H23N3O5S. The van der Waals surface area contributed by atoms with Crippen molar-refractivity contribution in [3.8, 4) is 0 Å². The SMILES string of the molecule is COC(CNC(=O)c1ccc2c(=O)n(C[C@@H]3CCCO3)c(=S)[nH]c2c1)OC. The Balaban J connectivity index is 1.84. The van der Waals surface area contributed by atoms with E-state index in [-0.39, 0.29) is 24.1 Å². The van der Waals surface area contributed by atoms with Gasteiger partial charge in [-0.2, -0.15) is 0 Å². The normalized spacial score (nSPS) is 16.9. The number of ether oxygens (including phenoxy) is 3. The Morgan fingerprint density at radius 2 is 2.22 bits per heavy atom. The number of aromatic amines is 1. The van der Waals surface area contributed by atoms with Gasteiger partial charge in [0.05, 0.1) is 30.1 Å². The number of methoxy groups -OCH3 is 2. The summed E-state index contributed by atoms with van der Waals surface area (Å²) in [6.45, 7) is 1.36. The number of aromatic nitrogens is 2. The number of fused-ring (bicyclic) bond motifs is 1. The third kappa shape index (κ3) is 4.44. The van der Waals surface area contributed by atoms with Crippen LogP contribution in [0.1, 0.15) is 23.2 Å². The lowest BCUT2D eigenvalue weighted by molar-refractivity contribution is -0.0974. The summed E-state index contributed by atoms with van der Waals surface area (Å²) in [6, 6.07) is 4.86. The molecule has 2 N–H and O–H groups in total. The first-order chi connectivity index (χ1) is 13.0. The molecule has 9 heteroatoms. The summed E-state index contributed by atoms with van der Waals surface area (Å²) < 4.78 is 17.5. The predicted molar refractivity (Wildman–Crippen MR) is 103 cm³/mol. The second-order valence-corrected chi connectivity index (χ2v) is 6.74. The molecule has 0 unspecified atom stereocenters. The zero-order valence-corrected chi connectivity index (χ0v) is 16.1. The molecule has 8 nitrogen and oxygen atoms in total. The lowest BCUT2D eigenvalue weighted by atomic mass is 10.1. The van der Waals surface area contributed by atoms with Gasteiger partial charge in [0.2, 0.25) is 0 Å². The van der Waals surface area contributed by atoms with E-state index in [4.69, 9.17) is 26.4 Å². The first-order valence-electron chi connectivity index (χ1n) is 8.75. The van der Waals surface area contributed by atoms with Crippen molar-refractivity contribution in [2.75, 3.05) is 27.4 Å². The quantitative estimate of drug-likeness (QED) is 0.548. The summed E-state index contributed by atoms with van der Waals surface area (Å²) in [7, 11) is 3.00. The molecule has 27 heavy (non-hydrogen) atoms. The molecule has 0 bridgehead atoms. The van der Waals surface area contributed by atoms with E-state index in [0.29, 0.717) is 27.8 Å². The van der Waals surface area contributed by atoms with Crippen LogP contribution < -0.4 is 10.9 Å². The van der Waals surface area contributed by atoms with Gasteiger partial charge in [0.15, 0.2) is 11.1 Å². The summed E-state index contributed by atoms with van der Waals surface area (Å²) >= 11 is 5.35. The van der Waals surface area contributed by atoms with Crippen LogP contribution in [0.2, 0.25) is 0 Å². The number of amides is 1. The predicted octanol–water partition coefficient (Wildman–Crippen LogP) is 1.59. The molecule has 1 aliphatic rings. The summed E-state index contributed by atoms with van der Waals surface area (Å²) in [5.74, 6) is -0.293. The molecule has 0 spiro atoms. The lowest BCUT2D eigenvalue weighted by Crippen LogP contribution is -2.34. The van der Waals surface area contributed by atoms with E-state index in [9.17, 15) is 9.59 Å². The van der Waals surface area contributed by atoms with E-state index < -0.39 is 6.29 Å². The van der Waals surface area contributed by atoms with Crippen LogP contribution in [0.5, 0.6) is 0 Å². The third-order valence-corrected chi connectivity index (χ3v) is 4.93. The minimum absolute atomic E-state index is 0.00909. The Bertz CT molecular complexity index is 929. The van der Waals surface area contributed by atoms with Gasteiger partial charge in [-0.25, -0.2) is 0 Å². The molecule has 3 rings (SSSR count). The highest BCUT2D eigenvalue weighted by molar-refractivity contribution is 7.71. The number of hydrogen-bond donors (Lipinski definition) is 2. The Morgan fingerprint density at radius 3 is 2.89 bits per heavy atom. The zero-order valence-electron chi connectivity index (χ0n) is 15.3. The van der Waals surface area contributed by atoms with Gasteiger partial charge in [-0.1, -0.05) is 0 Å². The minimum Gasteiger partial charge on any atom is -0.376 e. The molecular weight excluding hydrogens is 370 g/mol. The lowest BCUT2D eigenvalue weighted by Gasteiger charge is -2.15. The first-order valence-corrected chi connectivity index (χ1v) is 9.16. The van der Waals surface area contributed by atoms with Crippen molar-refractivity contribution in [1.29, 1.82) is 0 Å². The van der Waals surface area contributed by atoms with E-state index in [0.717, 1.165) is 19.4 Å². The Labute approximate surface area is 161 Å². The standard InChI is InChI=1S/C18H23N3O5S/c1-24-15(25-2)9-19-16(22)11-5-6-13-14(8-11)20-18(27)21(17(13)23)10-12-4-3-7-26-12/h5-6,8,12,15H,3-4,7,9-10H2,1-2H3,(H,19,22)(H,20,27)/t12-/m0/s1. The van der Waals surface area contributed by atoms with Gasteiger partial charge >= 0.3 is 0 Å². The van der Waals surface area contributed by atoms with Crippen LogP contribution in [0.15, 0.2) is 23.0 Å². The molecule has 0 radical (unpaired) electrons. The number of nitrogens with zero attached hydrogens (tertiary/aromatic N) is 1. The molecule has 1 atom stereocenters. The number of rotatable bonds is 7. The summed E-state index contributed by atoms with van der Waals surface area (Å²) in [5.41, 5.74) is 0.752. The molecule has 1 saturated heterocycles. The number of H-pyrrole nitrogens is 1. The Morgan fingerprint density at radius 1 is 1.44 bits per heavy atom. The van der Waals surface area contributed by atoms with Crippen molar-refractivity contribution >= 4 is 29.0 Å². The second kappa shape index (κ2) is 8.75. The molecule has 2 aromatic rings. The summed E-state index contributed by atoms with van der Waals surface area (Å²) in [5, 5.41) is 3.20. The largest absolute Gasteiger partial charge is 0.376 e. The molecule has 0 saturated carbocycles. The topological polar surface area (TPSA) is 94.6 Å². The van der Waals surface area contributed by atoms with E-state index in [1.54, 1.807) is 18.2 Å². The van der Waals surface area contributed by atoms with Crippen LogP contribution in [0.4, 0.5) is 0 Å². The van der Waals surface area contributed by atoms with E-state index >= 15 is 0 Å². The smallest absolute Gasteiger partial charge is 0.262 e. The maximum Gasteiger partial charge on any atom is 0.262 e. The van der Waals surface area contributed by atoms with Gasteiger partial charge in [0.1, 0.15) is 0 Å². The fourth-order valence-electron chi connectivity index (χ4n) is 3.09. The summed E-state index contributed by atoms with van der Waals surface area (Å²) in [6.07, 6.45) is 1.40. The average molecular weight is 393 g/mol. The van der Waals surface area contributed by atoms with E-state index in [1.165, 1.54) is 18.8 Å². The number of benzene rings is 1. The third-order valence-electron chi connectivity index (χ3n) is 4.61. The summed E-state index contributed by atoms with van der Waals surface area (Å²) in [4.78, 5) is 28.2. The van der Waals surface area contributed by atoms with Gasteiger partial charge in [-0.3, -0.25) is 14.2 Å². The number of carbonyl (C=O) groups excluding carboxylic acids is 1. The van der Waals surface area contributed by atoms with Gasteiger partial charge in [0, 0.05) is 26.4 Å². The van der Waals surface area contributed by atoms with Crippen LogP contribution in [0.25, 0.3) is 10.9 Å². The second-order valence-electron chi connectivity index (χ2n) is 6.35. The van der Waals surface area contributed by atoms with Crippen molar-refractivity contribution in [3.05, 3.63) is 38.9 Å². The van der Waals surface area contributed by atoms with Gasteiger partial charge < -0.3 is 24.5 Å². The molecule has 2 heterocycles. The molecule has 1 aliphatic heterocycles. The highest BCUT2D eigenvalue weighted by Gasteiger charge is 2.18. The van der Waals surface area contributed by atoms with Gasteiger partial charge in [-0.05, 0) is 43.3 Å². The maximum absolute atomic E-state index is 12.8. The Kier molecular flexibility index (Phi) is 6.38. The first kappa shape index (κ1) is 19.7. The van der Waals surface area contributed by atoms with E-state index in [1.807, 2.05) is 0 Å². The number of nitrogens with one attached hydrogen (secondary N) is 2. The molecule has 1 aromatic carbocycles. The van der Waals surface area contributed by atoms with Crippen LogP contribution >= 0.6 is 12.2 Å². The minimum atomic E-state index is -0.523. The van der Waals surface area contributed by atoms with Gasteiger partial charge in [0.25, 0.3) is 11.5 Å². The maximum atomic E-state index is 12.8. The highest BCUT2D eigenvalue weighted by atomic mass is 32.1. The average Bonchev–Trinajstić information content (AvgIpc) is 3.18. The van der Waals surface area contributed by atoms with Crippen LogP contribution in [0, 0.1) is 4.77 Å². The van der Waals surface area contributed by atoms with Crippen LogP contribution in [0.3, 0.4) is 0 Å². The van der Waals surface area contributed by atoms with Crippen LogP contribution in [-0.2, 0) is 20.8 Å². The fourth-order valence-corrected chi connectivity index (χ4v) is 3.36. The molecule has 1 fully saturated rings. The molecule has 146 valence electrons. The van der Waals surface area contributed by atoms with E-state index in [2.05, 4.69) is 10.3 Å².